The highest BCUT2D eigenvalue weighted by atomic mass is 35.5. The van der Waals surface area contributed by atoms with Gasteiger partial charge < -0.3 is 4.57 Å². The van der Waals surface area contributed by atoms with E-state index >= 15 is 0 Å². The zero-order valence-electron chi connectivity index (χ0n) is 13.7. The number of aromatic nitrogens is 2. The number of hydrogen-bond acceptors (Lipinski definition) is 3. The number of amides is 1. The van der Waals surface area contributed by atoms with E-state index in [0.717, 1.165) is 16.8 Å². The fourth-order valence-corrected chi connectivity index (χ4v) is 2.43. The molecule has 5 nitrogen and oxygen atoms in total. The molecule has 0 saturated heterocycles. The van der Waals surface area contributed by atoms with Crippen LogP contribution in [0.5, 0.6) is 0 Å². The first kappa shape index (κ1) is 16.9. The smallest absolute Gasteiger partial charge is 0.260 e. The zero-order valence-corrected chi connectivity index (χ0v) is 14.4. The molecule has 0 unspecified atom stereocenters. The number of nitrogens with one attached hydrogen (secondary N) is 1. The lowest BCUT2D eigenvalue weighted by atomic mass is 10.1. The largest absolute Gasteiger partial charge is 0.327 e. The van der Waals surface area contributed by atoms with Crippen molar-refractivity contribution in [1.82, 2.24) is 15.0 Å². The fraction of sp³-hybridized carbons (Fsp3) is 0.105. The van der Waals surface area contributed by atoms with E-state index in [2.05, 4.69) is 15.5 Å². The molecule has 0 saturated carbocycles. The van der Waals surface area contributed by atoms with E-state index in [4.69, 9.17) is 11.6 Å². The van der Waals surface area contributed by atoms with Crippen molar-refractivity contribution in [2.75, 3.05) is 0 Å². The standard InChI is InChI=1S/C19H17ClN4O/c1-14(15-7-9-17(20)10-8-15)22-23-19(25)12-24-11-18(21-13-24)16-5-3-2-4-6-16/h2-11,13H,12H2,1H3,(H,23,25)/b22-14+. The summed E-state index contributed by atoms with van der Waals surface area (Å²) in [6.07, 6.45) is 3.47. The van der Waals surface area contributed by atoms with E-state index in [1.54, 1.807) is 23.0 Å². The molecule has 126 valence electrons. The normalized spacial score (nSPS) is 11.4. The summed E-state index contributed by atoms with van der Waals surface area (Å²) in [5, 5.41) is 4.79. The van der Waals surface area contributed by atoms with Gasteiger partial charge in [-0.1, -0.05) is 54.1 Å². The topological polar surface area (TPSA) is 59.3 Å². The summed E-state index contributed by atoms with van der Waals surface area (Å²) in [5.41, 5.74) is 6.01. The third kappa shape index (κ3) is 4.55. The van der Waals surface area contributed by atoms with Crippen LogP contribution in [0.15, 0.2) is 72.2 Å². The van der Waals surface area contributed by atoms with Crippen LogP contribution in [0.4, 0.5) is 0 Å². The molecule has 0 aliphatic rings. The molecule has 0 radical (unpaired) electrons. The van der Waals surface area contributed by atoms with Gasteiger partial charge in [0.1, 0.15) is 6.54 Å². The molecule has 1 N–H and O–H groups in total. The van der Waals surface area contributed by atoms with Crippen molar-refractivity contribution in [2.45, 2.75) is 13.5 Å². The molecular weight excluding hydrogens is 336 g/mol. The number of hydrogen-bond donors (Lipinski definition) is 1. The van der Waals surface area contributed by atoms with Gasteiger partial charge in [-0.2, -0.15) is 5.10 Å². The minimum Gasteiger partial charge on any atom is -0.327 e. The molecule has 0 spiro atoms. The van der Waals surface area contributed by atoms with Crippen molar-refractivity contribution in [2.24, 2.45) is 5.10 Å². The first-order valence-electron chi connectivity index (χ1n) is 7.78. The van der Waals surface area contributed by atoms with Crippen LogP contribution >= 0.6 is 11.6 Å². The third-order valence-electron chi connectivity index (χ3n) is 3.64. The van der Waals surface area contributed by atoms with Gasteiger partial charge in [0.05, 0.1) is 17.7 Å². The van der Waals surface area contributed by atoms with Gasteiger partial charge in [0.2, 0.25) is 0 Å². The Morgan fingerprint density at radius 2 is 1.88 bits per heavy atom. The highest BCUT2D eigenvalue weighted by Gasteiger charge is 2.06. The van der Waals surface area contributed by atoms with E-state index < -0.39 is 0 Å². The van der Waals surface area contributed by atoms with Crippen molar-refractivity contribution in [3.8, 4) is 11.3 Å². The maximum atomic E-state index is 12.1. The van der Waals surface area contributed by atoms with Gasteiger partial charge in [-0.3, -0.25) is 4.79 Å². The second-order valence-electron chi connectivity index (χ2n) is 5.54. The summed E-state index contributed by atoms with van der Waals surface area (Å²) in [6, 6.07) is 17.1. The van der Waals surface area contributed by atoms with Crippen molar-refractivity contribution in [1.29, 1.82) is 0 Å². The van der Waals surface area contributed by atoms with Crippen LogP contribution in [-0.4, -0.2) is 21.2 Å². The quantitative estimate of drug-likeness (QED) is 0.561. The second-order valence-corrected chi connectivity index (χ2v) is 5.97. The van der Waals surface area contributed by atoms with Gasteiger partial charge in [-0.05, 0) is 24.6 Å². The highest BCUT2D eigenvalue weighted by molar-refractivity contribution is 6.30. The summed E-state index contributed by atoms with van der Waals surface area (Å²) < 4.78 is 1.73. The lowest BCUT2D eigenvalue weighted by Gasteiger charge is -2.04. The average Bonchev–Trinajstić information content (AvgIpc) is 3.09. The first-order chi connectivity index (χ1) is 12.1. The monoisotopic (exact) mass is 352 g/mol. The molecule has 3 rings (SSSR count). The van der Waals surface area contributed by atoms with E-state index in [-0.39, 0.29) is 12.5 Å². The van der Waals surface area contributed by atoms with Gasteiger partial charge in [-0.15, -0.1) is 0 Å². The Hall–Kier alpha value is -2.92. The molecule has 6 heteroatoms. The van der Waals surface area contributed by atoms with Gasteiger partial charge in [0, 0.05) is 16.8 Å². The number of halogens is 1. The zero-order chi connectivity index (χ0) is 17.6. The van der Waals surface area contributed by atoms with Gasteiger partial charge in [-0.25, -0.2) is 10.4 Å². The summed E-state index contributed by atoms with van der Waals surface area (Å²) >= 11 is 5.86. The van der Waals surface area contributed by atoms with Crippen LogP contribution in [0.1, 0.15) is 12.5 Å². The predicted octanol–water partition coefficient (Wildman–Crippen LogP) is 3.74. The number of rotatable bonds is 5. The lowest BCUT2D eigenvalue weighted by molar-refractivity contribution is -0.121. The molecule has 3 aromatic rings. The van der Waals surface area contributed by atoms with Crippen LogP contribution in [0, 0.1) is 0 Å². The number of nitrogens with zero attached hydrogens (tertiary/aromatic N) is 3. The van der Waals surface area contributed by atoms with Crippen LogP contribution in [0.3, 0.4) is 0 Å². The molecule has 1 aromatic heterocycles. The molecule has 0 fully saturated rings. The second kappa shape index (κ2) is 7.77. The number of imidazole rings is 1. The molecule has 1 heterocycles. The Kier molecular flexibility index (Phi) is 5.26. The summed E-state index contributed by atoms with van der Waals surface area (Å²) in [7, 11) is 0. The molecule has 25 heavy (non-hydrogen) atoms. The minimum atomic E-state index is -0.217. The number of hydrazone groups is 1. The van der Waals surface area contributed by atoms with E-state index in [0.29, 0.717) is 10.7 Å². The van der Waals surface area contributed by atoms with Crippen LogP contribution in [-0.2, 0) is 11.3 Å². The molecular formula is C19H17ClN4O. The number of benzene rings is 2. The molecule has 0 atom stereocenters. The Morgan fingerprint density at radius 1 is 1.16 bits per heavy atom. The van der Waals surface area contributed by atoms with E-state index in [9.17, 15) is 4.79 Å². The van der Waals surface area contributed by atoms with Gasteiger partial charge in [0.25, 0.3) is 5.91 Å². The van der Waals surface area contributed by atoms with Crippen molar-refractivity contribution >= 4 is 23.2 Å². The molecule has 2 aromatic carbocycles. The summed E-state index contributed by atoms with van der Waals surface area (Å²) in [4.78, 5) is 16.4. The van der Waals surface area contributed by atoms with Crippen LogP contribution in [0.2, 0.25) is 5.02 Å². The minimum absolute atomic E-state index is 0.150. The van der Waals surface area contributed by atoms with Crippen molar-refractivity contribution in [3.05, 3.63) is 77.7 Å². The maximum absolute atomic E-state index is 12.1. The Labute approximate surface area is 151 Å². The number of carbonyl (C=O) groups excluding carboxylic acids is 1. The highest BCUT2D eigenvalue weighted by Crippen LogP contribution is 2.15. The van der Waals surface area contributed by atoms with E-state index in [1.807, 2.05) is 55.6 Å². The molecule has 0 aliphatic carbocycles. The Balaban J connectivity index is 1.60. The first-order valence-corrected chi connectivity index (χ1v) is 8.16. The van der Waals surface area contributed by atoms with E-state index in [1.165, 1.54) is 0 Å². The molecule has 0 aliphatic heterocycles. The van der Waals surface area contributed by atoms with Gasteiger partial charge >= 0.3 is 0 Å². The molecule has 1 amide bonds. The lowest BCUT2D eigenvalue weighted by Crippen LogP contribution is -2.23. The van der Waals surface area contributed by atoms with Crippen molar-refractivity contribution in [3.63, 3.8) is 0 Å². The van der Waals surface area contributed by atoms with Crippen LogP contribution < -0.4 is 5.43 Å². The van der Waals surface area contributed by atoms with Gasteiger partial charge in [0.15, 0.2) is 0 Å². The predicted molar refractivity (Wildman–Crippen MR) is 99.5 cm³/mol. The van der Waals surface area contributed by atoms with Crippen molar-refractivity contribution < 1.29 is 4.79 Å². The Morgan fingerprint density at radius 3 is 2.60 bits per heavy atom. The SMILES string of the molecule is C/C(=N\NC(=O)Cn1cnc(-c2ccccc2)c1)c1ccc(Cl)cc1. The summed E-state index contributed by atoms with van der Waals surface area (Å²) in [6.45, 7) is 1.98. The molecule has 0 bridgehead atoms. The number of carbonyl (C=O) groups is 1. The Bertz CT molecular complexity index is 885. The average molecular weight is 353 g/mol. The maximum Gasteiger partial charge on any atom is 0.260 e. The summed E-state index contributed by atoms with van der Waals surface area (Å²) in [5.74, 6) is -0.217. The van der Waals surface area contributed by atoms with Crippen LogP contribution in [0.25, 0.3) is 11.3 Å². The third-order valence-corrected chi connectivity index (χ3v) is 3.89. The fourth-order valence-electron chi connectivity index (χ4n) is 2.31.